The Hall–Kier alpha value is -4.58. The summed E-state index contributed by atoms with van der Waals surface area (Å²) < 4.78 is 5.93. The average molecular weight is 466 g/mol. The molecule has 2 N–H and O–H groups in total. The van der Waals surface area contributed by atoms with E-state index in [2.05, 4.69) is 10.6 Å². The highest BCUT2D eigenvalue weighted by Gasteiger charge is 2.13. The molecule has 4 rings (SSSR count). The number of benzene rings is 4. The molecule has 4 aromatic carbocycles. The van der Waals surface area contributed by atoms with E-state index in [1.54, 1.807) is 36.2 Å². The minimum atomic E-state index is -0.205. The maximum absolute atomic E-state index is 12.7. The SMILES string of the molecule is CN(C(=O)c1ccc(NC(=O)CNc2ccccc2OCc2ccccc2)cc1)c1ccccc1. The highest BCUT2D eigenvalue weighted by Crippen LogP contribution is 2.24. The maximum Gasteiger partial charge on any atom is 0.258 e. The minimum absolute atomic E-state index is 0.0726. The third-order valence-corrected chi connectivity index (χ3v) is 5.43. The van der Waals surface area contributed by atoms with E-state index < -0.39 is 0 Å². The molecular weight excluding hydrogens is 438 g/mol. The van der Waals surface area contributed by atoms with Crippen molar-refractivity contribution < 1.29 is 14.3 Å². The molecule has 0 aliphatic rings. The van der Waals surface area contributed by atoms with Gasteiger partial charge in [-0.2, -0.15) is 0 Å². The molecule has 0 saturated carbocycles. The normalized spacial score (nSPS) is 10.3. The number of amides is 2. The summed E-state index contributed by atoms with van der Waals surface area (Å²) in [6.45, 7) is 0.513. The number of anilines is 3. The second kappa shape index (κ2) is 11.5. The van der Waals surface area contributed by atoms with Crippen molar-refractivity contribution in [1.82, 2.24) is 0 Å². The van der Waals surface area contributed by atoms with E-state index >= 15 is 0 Å². The summed E-state index contributed by atoms with van der Waals surface area (Å²) in [5.74, 6) is 0.348. The smallest absolute Gasteiger partial charge is 0.258 e. The number of rotatable bonds is 9. The Kier molecular flexibility index (Phi) is 7.76. The molecule has 0 spiro atoms. The van der Waals surface area contributed by atoms with Gasteiger partial charge in [0.15, 0.2) is 0 Å². The Morgan fingerprint density at radius 1 is 0.771 bits per heavy atom. The lowest BCUT2D eigenvalue weighted by Crippen LogP contribution is -2.26. The highest BCUT2D eigenvalue weighted by atomic mass is 16.5. The van der Waals surface area contributed by atoms with Crippen LogP contribution in [0.2, 0.25) is 0 Å². The first-order chi connectivity index (χ1) is 17.1. The molecule has 4 aromatic rings. The van der Waals surface area contributed by atoms with Gasteiger partial charge in [0.1, 0.15) is 12.4 Å². The second-order valence-electron chi connectivity index (χ2n) is 7.95. The predicted molar refractivity (Wildman–Crippen MR) is 140 cm³/mol. The molecule has 0 heterocycles. The van der Waals surface area contributed by atoms with Gasteiger partial charge in [0.05, 0.1) is 12.2 Å². The van der Waals surface area contributed by atoms with E-state index in [-0.39, 0.29) is 18.4 Å². The van der Waals surface area contributed by atoms with Crippen molar-refractivity contribution in [3.8, 4) is 5.75 Å². The van der Waals surface area contributed by atoms with Crippen LogP contribution in [0.4, 0.5) is 17.1 Å². The van der Waals surface area contributed by atoms with Crippen molar-refractivity contribution in [3.63, 3.8) is 0 Å². The monoisotopic (exact) mass is 465 g/mol. The van der Waals surface area contributed by atoms with Crippen molar-refractivity contribution in [3.05, 3.63) is 120 Å². The summed E-state index contributed by atoms with van der Waals surface area (Å²) in [6, 6.07) is 33.7. The van der Waals surface area contributed by atoms with Crippen molar-refractivity contribution >= 4 is 28.9 Å². The van der Waals surface area contributed by atoms with Gasteiger partial charge in [-0.15, -0.1) is 0 Å². The second-order valence-corrected chi connectivity index (χ2v) is 7.95. The molecule has 2 amide bonds. The van der Waals surface area contributed by atoms with Crippen molar-refractivity contribution in [2.75, 3.05) is 29.1 Å². The molecule has 0 unspecified atom stereocenters. The third-order valence-electron chi connectivity index (χ3n) is 5.43. The fourth-order valence-corrected chi connectivity index (χ4v) is 3.51. The molecule has 0 bridgehead atoms. The van der Waals surface area contributed by atoms with Gasteiger partial charge in [-0.05, 0) is 54.1 Å². The molecule has 0 aliphatic heterocycles. The highest BCUT2D eigenvalue weighted by molar-refractivity contribution is 6.06. The zero-order valence-corrected chi connectivity index (χ0v) is 19.5. The van der Waals surface area contributed by atoms with Gasteiger partial charge >= 0.3 is 0 Å². The van der Waals surface area contributed by atoms with Crippen LogP contribution in [0, 0.1) is 0 Å². The molecule has 0 saturated heterocycles. The Morgan fingerprint density at radius 2 is 1.40 bits per heavy atom. The molecule has 0 radical (unpaired) electrons. The first-order valence-corrected chi connectivity index (χ1v) is 11.3. The van der Waals surface area contributed by atoms with Crippen molar-refractivity contribution in [2.45, 2.75) is 6.61 Å². The molecule has 0 aliphatic carbocycles. The Balaban J connectivity index is 1.30. The lowest BCUT2D eigenvalue weighted by atomic mass is 10.1. The van der Waals surface area contributed by atoms with E-state index in [9.17, 15) is 9.59 Å². The summed E-state index contributed by atoms with van der Waals surface area (Å²) >= 11 is 0. The van der Waals surface area contributed by atoms with Gasteiger partial charge in [-0.3, -0.25) is 9.59 Å². The average Bonchev–Trinajstić information content (AvgIpc) is 2.92. The number of para-hydroxylation sites is 3. The largest absolute Gasteiger partial charge is 0.487 e. The number of ether oxygens (including phenoxy) is 1. The van der Waals surface area contributed by atoms with Gasteiger partial charge in [0.25, 0.3) is 5.91 Å². The van der Waals surface area contributed by atoms with Crippen LogP contribution in [0.15, 0.2) is 109 Å². The Morgan fingerprint density at radius 3 is 2.11 bits per heavy atom. The van der Waals surface area contributed by atoms with Crippen LogP contribution >= 0.6 is 0 Å². The van der Waals surface area contributed by atoms with Crippen LogP contribution in [-0.4, -0.2) is 25.4 Å². The summed E-state index contributed by atoms with van der Waals surface area (Å²) in [5.41, 5.74) is 3.77. The minimum Gasteiger partial charge on any atom is -0.487 e. The van der Waals surface area contributed by atoms with Crippen LogP contribution in [0.3, 0.4) is 0 Å². The number of carbonyl (C=O) groups is 2. The number of hydrogen-bond acceptors (Lipinski definition) is 4. The summed E-state index contributed by atoms with van der Waals surface area (Å²) in [5, 5.41) is 5.98. The van der Waals surface area contributed by atoms with Crippen LogP contribution in [0.1, 0.15) is 15.9 Å². The van der Waals surface area contributed by atoms with Gasteiger partial charge < -0.3 is 20.3 Å². The first-order valence-electron chi connectivity index (χ1n) is 11.3. The van der Waals surface area contributed by atoms with E-state index in [0.29, 0.717) is 23.6 Å². The third kappa shape index (κ3) is 6.48. The molecule has 0 aromatic heterocycles. The summed E-state index contributed by atoms with van der Waals surface area (Å²) in [4.78, 5) is 26.8. The number of hydrogen-bond donors (Lipinski definition) is 2. The quantitative estimate of drug-likeness (QED) is 0.338. The van der Waals surface area contributed by atoms with Gasteiger partial charge in [0.2, 0.25) is 5.91 Å². The zero-order chi connectivity index (χ0) is 24.5. The van der Waals surface area contributed by atoms with Crippen LogP contribution in [0.25, 0.3) is 0 Å². The van der Waals surface area contributed by atoms with E-state index in [1.807, 2.05) is 84.9 Å². The number of nitrogens with zero attached hydrogens (tertiary/aromatic N) is 1. The van der Waals surface area contributed by atoms with Gasteiger partial charge in [-0.25, -0.2) is 0 Å². The van der Waals surface area contributed by atoms with Crippen LogP contribution in [0.5, 0.6) is 5.75 Å². The molecule has 0 atom stereocenters. The van der Waals surface area contributed by atoms with Crippen LogP contribution < -0.4 is 20.3 Å². The molecule has 6 heteroatoms. The van der Waals surface area contributed by atoms with Gasteiger partial charge in [-0.1, -0.05) is 60.7 Å². The molecule has 176 valence electrons. The lowest BCUT2D eigenvalue weighted by Gasteiger charge is -2.17. The first kappa shape index (κ1) is 23.6. The fourth-order valence-electron chi connectivity index (χ4n) is 3.51. The number of carbonyl (C=O) groups excluding carboxylic acids is 2. The Bertz CT molecular complexity index is 1260. The standard InChI is InChI=1S/C29H27N3O3/c1-32(25-12-6-3-7-13-25)29(34)23-16-18-24(19-17-23)31-28(33)20-30-26-14-8-9-15-27(26)35-21-22-10-4-2-5-11-22/h2-19,30H,20-21H2,1H3,(H,31,33). The zero-order valence-electron chi connectivity index (χ0n) is 19.5. The summed E-state index contributed by atoms with van der Waals surface area (Å²) in [7, 11) is 1.74. The molecule has 6 nitrogen and oxygen atoms in total. The number of nitrogens with one attached hydrogen (secondary N) is 2. The van der Waals surface area contributed by atoms with Gasteiger partial charge in [0, 0.05) is 24.0 Å². The van der Waals surface area contributed by atoms with E-state index in [0.717, 1.165) is 16.9 Å². The van der Waals surface area contributed by atoms with Crippen molar-refractivity contribution in [2.24, 2.45) is 0 Å². The molecule has 0 fully saturated rings. The van der Waals surface area contributed by atoms with Crippen molar-refractivity contribution in [1.29, 1.82) is 0 Å². The topological polar surface area (TPSA) is 70.7 Å². The molecule has 35 heavy (non-hydrogen) atoms. The van der Waals surface area contributed by atoms with Crippen LogP contribution in [-0.2, 0) is 11.4 Å². The van der Waals surface area contributed by atoms with E-state index in [4.69, 9.17) is 4.74 Å². The predicted octanol–water partition coefficient (Wildman–Crippen LogP) is 5.59. The maximum atomic E-state index is 12.7. The van der Waals surface area contributed by atoms with E-state index in [1.165, 1.54) is 0 Å². The molecular formula is C29H27N3O3. The summed E-state index contributed by atoms with van der Waals surface area (Å²) in [6.07, 6.45) is 0. The lowest BCUT2D eigenvalue weighted by molar-refractivity contribution is -0.114. The fraction of sp³-hybridized carbons (Fsp3) is 0.103. The Labute approximate surface area is 205 Å².